The van der Waals surface area contributed by atoms with E-state index in [2.05, 4.69) is 0 Å². The zero-order valence-electron chi connectivity index (χ0n) is 8.77. The van der Waals surface area contributed by atoms with Crippen LogP contribution in [0.15, 0.2) is 24.3 Å². The number of ether oxygens (including phenoxy) is 2. The summed E-state index contributed by atoms with van der Waals surface area (Å²) in [5, 5.41) is 9.61. The Bertz CT molecular complexity index is 318. The molecule has 0 aromatic heterocycles. The van der Waals surface area contributed by atoms with Crippen molar-refractivity contribution in [2.45, 2.75) is 13.0 Å². The Hall–Kier alpha value is -1.55. The fraction of sp³-hybridized carbons (Fsp3) is 0.364. The quantitative estimate of drug-likeness (QED) is 0.761. The molecule has 0 aliphatic carbocycles. The fourth-order valence-corrected chi connectivity index (χ4v) is 1.12. The molecule has 0 aliphatic heterocycles. The minimum absolute atomic E-state index is 0.0261. The number of rotatable bonds is 4. The molecule has 0 spiro atoms. The number of methoxy groups -OCH3 is 1. The van der Waals surface area contributed by atoms with Crippen LogP contribution >= 0.6 is 0 Å². The van der Waals surface area contributed by atoms with Crippen molar-refractivity contribution in [3.63, 3.8) is 0 Å². The lowest BCUT2D eigenvalue weighted by Gasteiger charge is -2.11. The van der Waals surface area contributed by atoms with Gasteiger partial charge in [-0.05, 0) is 17.7 Å². The van der Waals surface area contributed by atoms with E-state index in [1.54, 1.807) is 31.4 Å². The number of aliphatic hydroxyl groups excluding tert-OH is 1. The summed E-state index contributed by atoms with van der Waals surface area (Å²) in [6.45, 7) is 1.28. The van der Waals surface area contributed by atoms with E-state index in [9.17, 15) is 9.90 Å². The van der Waals surface area contributed by atoms with Crippen LogP contribution in [-0.4, -0.2) is 24.8 Å². The first-order valence-electron chi connectivity index (χ1n) is 4.59. The van der Waals surface area contributed by atoms with Gasteiger partial charge in [-0.25, -0.2) is 0 Å². The second-order valence-corrected chi connectivity index (χ2v) is 3.09. The van der Waals surface area contributed by atoms with Gasteiger partial charge in [-0.3, -0.25) is 4.79 Å². The number of benzene rings is 1. The molecule has 0 unspecified atom stereocenters. The Morgan fingerprint density at radius 3 is 2.47 bits per heavy atom. The van der Waals surface area contributed by atoms with Gasteiger partial charge >= 0.3 is 5.97 Å². The van der Waals surface area contributed by atoms with Crippen LogP contribution in [0.5, 0.6) is 5.75 Å². The molecule has 1 aromatic rings. The molecule has 0 saturated heterocycles. The summed E-state index contributed by atoms with van der Waals surface area (Å²) in [7, 11) is 1.57. The van der Waals surface area contributed by atoms with E-state index < -0.39 is 12.1 Å². The zero-order valence-corrected chi connectivity index (χ0v) is 8.77. The molecule has 1 rings (SSSR count). The average molecular weight is 210 g/mol. The van der Waals surface area contributed by atoms with Crippen molar-refractivity contribution in [2.75, 3.05) is 13.7 Å². The summed E-state index contributed by atoms with van der Waals surface area (Å²) in [5.41, 5.74) is 0.692. The van der Waals surface area contributed by atoms with Crippen LogP contribution in [0.3, 0.4) is 0 Å². The number of hydrogen-bond acceptors (Lipinski definition) is 4. The van der Waals surface area contributed by atoms with Crippen molar-refractivity contribution >= 4 is 5.97 Å². The predicted octanol–water partition coefficient (Wildman–Crippen LogP) is 1.29. The van der Waals surface area contributed by atoms with Gasteiger partial charge in [-0.2, -0.15) is 0 Å². The van der Waals surface area contributed by atoms with E-state index >= 15 is 0 Å². The molecule has 0 saturated carbocycles. The Kier molecular flexibility index (Phi) is 4.12. The Labute approximate surface area is 88.4 Å². The topological polar surface area (TPSA) is 55.8 Å². The number of hydrogen-bond donors (Lipinski definition) is 1. The summed E-state index contributed by atoms with van der Waals surface area (Å²) in [6.07, 6.45) is -0.792. The molecule has 0 heterocycles. The molecule has 0 fully saturated rings. The fourth-order valence-electron chi connectivity index (χ4n) is 1.12. The molecular formula is C11H14O4. The SMILES string of the molecule is COc1ccc([C@@H](O)COC(C)=O)cc1. The monoisotopic (exact) mass is 210 g/mol. The Morgan fingerprint density at radius 2 is 2.00 bits per heavy atom. The van der Waals surface area contributed by atoms with Gasteiger partial charge in [0, 0.05) is 6.92 Å². The highest BCUT2D eigenvalue weighted by Crippen LogP contribution is 2.17. The molecule has 82 valence electrons. The summed E-state index contributed by atoms with van der Waals surface area (Å²) < 4.78 is 9.67. The first-order valence-corrected chi connectivity index (χ1v) is 4.59. The summed E-state index contributed by atoms with van der Waals surface area (Å²) >= 11 is 0. The summed E-state index contributed by atoms with van der Waals surface area (Å²) in [4.78, 5) is 10.5. The smallest absolute Gasteiger partial charge is 0.302 e. The molecule has 1 aromatic carbocycles. The maximum Gasteiger partial charge on any atom is 0.302 e. The first kappa shape index (κ1) is 11.5. The summed E-state index contributed by atoms with van der Waals surface area (Å²) in [5.74, 6) is 0.320. The third-order valence-corrected chi connectivity index (χ3v) is 1.95. The minimum atomic E-state index is -0.792. The van der Waals surface area contributed by atoms with Crippen molar-refractivity contribution in [3.05, 3.63) is 29.8 Å². The van der Waals surface area contributed by atoms with Crippen molar-refractivity contribution < 1.29 is 19.4 Å². The number of carbonyl (C=O) groups is 1. The third kappa shape index (κ3) is 3.59. The number of carbonyl (C=O) groups excluding carboxylic acids is 1. The van der Waals surface area contributed by atoms with Gasteiger partial charge in [-0.15, -0.1) is 0 Å². The third-order valence-electron chi connectivity index (χ3n) is 1.95. The molecule has 0 aliphatic rings. The van der Waals surface area contributed by atoms with Gasteiger partial charge in [-0.1, -0.05) is 12.1 Å². The highest BCUT2D eigenvalue weighted by molar-refractivity contribution is 5.65. The van der Waals surface area contributed by atoms with Gasteiger partial charge in [0.05, 0.1) is 7.11 Å². The lowest BCUT2D eigenvalue weighted by molar-refractivity contribution is -0.144. The van der Waals surface area contributed by atoms with Crippen molar-refractivity contribution in [1.82, 2.24) is 0 Å². The van der Waals surface area contributed by atoms with Crippen LogP contribution < -0.4 is 4.74 Å². The second-order valence-electron chi connectivity index (χ2n) is 3.09. The molecule has 0 bridgehead atoms. The standard InChI is InChI=1S/C11H14O4/c1-8(12)15-7-11(13)9-3-5-10(14-2)6-4-9/h3-6,11,13H,7H2,1-2H3/t11-/m0/s1. The molecule has 4 heteroatoms. The lowest BCUT2D eigenvalue weighted by Crippen LogP contribution is -2.09. The second kappa shape index (κ2) is 5.36. The maximum atomic E-state index is 10.5. The van der Waals surface area contributed by atoms with Crippen molar-refractivity contribution in [3.8, 4) is 5.75 Å². The lowest BCUT2D eigenvalue weighted by atomic mass is 10.1. The first-order chi connectivity index (χ1) is 7.13. The molecule has 0 radical (unpaired) electrons. The van der Waals surface area contributed by atoms with Crippen LogP contribution in [0, 0.1) is 0 Å². The van der Waals surface area contributed by atoms with E-state index in [-0.39, 0.29) is 6.61 Å². The largest absolute Gasteiger partial charge is 0.497 e. The Balaban J connectivity index is 2.57. The van der Waals surface area contributed by atoms with Crippen molar-refractivity contribution in [2.24, 2.45) is 0 Å². The summed E-state index contributed by atoms with van der Waals surface area (Å²) in [6, 6.07) is 6.94. The van der Waals surface area contributed by atoms with E-state index in [0.717, 1.165) is 5.75 Å². The van der Waals surface area contributed by atoms with E-state index in [4.69, 9.17) is 9.47 Å². The van der Waals surface area contributed by atoms with Gasteiger partial charge in [0.2, 0.25) is 0 Å². The van der Waals surface area contributed by atoms with Gasteiger partial charge in [0.1, 0.15) is 18.5 Å². The van der Waals surface area contributed by atoms with Crippen LogP contribution in [0.2, 0.25) is 0 Å². The highest BCUT2D eigenvalue weighted by Gasteiger charge is 2.08. The van der Waals surface area contributed by atoms with Crippen molar-refractivity contribution in [1.29, 1.82) is 0 Å². The number of aliphatic hydroxyl groups is 1. The normalized spacial score (nSPS) is 11.9. The van der Waals surface area contributed by atoms with E-state index in [1.165, 1.54) is 6.92 Å². The van der Waals surface area contributed by atoms with E-state index in [1.807, 2.05) is 0 Å². The molecule has 1 N–H and O–H groups in total. The highest BCUT2D eigenvalue weighted by atomic mass is 16.5. The van der Waals surface area contributed by atoms with Crippen LogP contribution in [0.25, 0.3) is 0 Å². The average Bonchev–Trinajstić information content (AvgIpc) is 2.26. The van der Waals surface area contributed by atoms with Gasteiger partial charge in [0.15, 0.2) is 0 Å². The molecule has 1 atom stereocenters. The van der Waals surface area contributed by atoms with Gasteiger partial charge in [0.25, 0.3) is 0 Å². The minimum Gasteiger partial charge on any atom is -0.497 e. The molecule has 4 nitrogen and oxygen atoms in total. The van der Waals surface area contributed by atoms with Crippen LogP contribution in [0.4, 0.5) is 0 Å². The predicted molar refractivity (Wildman–Crippen MR) is 54.6 cm³/mol. The Morgan fingerprint density at radius 1 is 1.40 bits per heavy atom. The zero-order chi connectivity index (χ0) is 11.3. The molecule has 0 amide bonds. The molecular weight excluding hydrogens is 196 g/mol. The van der Waals surface area contributed by atoms with Crippen LogP contribution in [-0.2, 0) is 9.53 Å². The molecule has 15 heavy (non-hydrogen) atoms. The van der Waals surface area contributed by atoms with Gasteiger partial charge < -0.3 is 14.6 Å². The van der Waals surface area contributed by atoms with Crippen LogP contribution in [0.1, 0.15) is 18.6 Å². The maximum absolute atomic E-state index is 10.5. The van der Waals surface area contributed by atoms with E-state index in [0.29, 0.717) is 5.56 Å². The number of esters is 1.